The van der Waals surface area contributed by atoms with E-state index in [0.717, 1.165) is 6.04 Å². The van der Waals surface area contributed by atoms with Gasteiger partial charge in [0.15, 0.2) is 0 Å². The van der Waals surface area contributed by atoms with Crippen molar-refractivity contribution in [3.63, 3.8) is 0 Å². The van der Waals surface area contributed by atoms with E-state index >= 15 is 0 Å². The topological polar surface area (TPSA) is 49.9 Å². The summed E-state index contributed by atoms with van der Waals surface area (Å²) in [6, 6.07) is 0.796. The molecule has 0 bridgehead atoms. The van der Waals surface area contributed by atoms with Gasteiger partial charge >= 0.3 is 0 Å². The van der Waals surface area contributed by atoms with E-state index in [1.165, 1.54) is 6.21 Å². The minimum Gasteiger partial charge on any atom is -0.323 e. The van der Waals surface area contributed by atoms with Gasteiger partial charge in [-0.25, -0.2) is 0 Å². The Bertz CT molecular complexity index is 40.8. The third-order valence-corrected chi connectivity index (χ3v) is 0.424. The average Bonchev–Trinajstić information content (AvgIpc) is 1.35. The van der Waals surface area contributed by atoms with E-state index in [2.05, 4.69) is 0 Å². The molecule has 0 unspecified atom stereocenters. The summed E-state index contributed by atoms with van der Waals surface area (Å²) in [6.07, 6.45) is 1.90. The van der Waals surface area contributed by atoms with Crippen LogP contribution in [0.2, 0.25) is 0 Å². The summed E-state index contributed by atoms with van der Waals surface area (Å²) >= 11 is 0. The Labute approximate surface area is 37.9 Å². The average molecular weight is 85.1 g/mol. The molecule has 0 fully saturated rings. The lowest BCUT2D eigenvalue weighted by molar-refractivity contribution is 0.985. The van der Waals surface area contributed by atoms with Gasteiger partial charge in [0.1, 0.15) is 0 Å². The van der Waals surface area contributed by atoms with Crippen LogP contribution < -0.4 is 5.73 Å². The van der Waals surface area contributed by atoms with Crippen LogP contribution in [0.4, 0.5) is 0 Å². The molecule has 0 aliphatic carbocycles. The van der Waals surface area contributed by atoms with Crippen molar-refractivity contribution in [2.75, 3.05) is 0 Å². The molecule has 0 rings (SSSR count). The van der Waals surface area contributed by atoms with Crippen molar-refractivity contribution >= 4 is 6.21 Å². The molecule has 0 aromatic heterocycles. The van der Waals surface area contributed by atoms with Gasteiger partial charge in [-0.3, -0.25) is 0 Å². The molecule has 2 heteroatoms. The number of nitrogens with two attached hydrogens (primary N) is 1. The van der Waals surface area contributed by atoms with E-state index in [9.17, 15) is 0 Å². The smallest absolute Gasteiger partial charge is 0.0358 e. The zero-order valence-electron chi connectivity index (χ0n) is 3.86. The zero-order valence-corrected chi connectivity index (χ0v) is 3.86. The van der Waals surface area contributed by atoms with Gasteiger partial charge in [0, 0.05) is 12.5 Å². The lowest BCUT2D eigenvalue weighted by Gasteiger charge is -1.91. The molecule has 0 atom stereocenters. The van der Waals surface area contributed by atoms with Gasteiger partial charge in [-0.1, -0.05) is 0 Å². The molecule has 0 saturated heterocycles. The monoisotopic (exact) mass is 85.1 g/mol. The minimum atomic E-state index is 0.611. The first-order chi connectivity index (χ1) is 2.77. The van der Waals surface area contributed by atoms with E-state index in [1.54, 1.807) is 6.92 Å². The normalized spacial score (nSPS) is 9.17. The van der Waals surface area contributed by atoms with Gasteiger partial charge in [0.05, 0.1) is 0 Å². The molecule has 0 aliphatic rings. The maximum absolute atomic E-state index is 6.51. The van der Waals surface area contributed by atoms with Crippen molar-refractivity contribution in [2.24, 2.45) is 5.73 Å². The SMILES string of the molecule is C[C](N)CC=N. The lowest BCUT2D eigenvalue weighted by Crippen LogP contribution is -2.03. The summed E-state index contributed by atoms with van der Waals surface area (Å²) < 4.78 is 0. The maximum Gasteiger partial charge on any atom is 0.0358 e. The summed E-state index contributed by atoms with van der Waals surface area (Å²) in [4.78, 5) is 0. The highest BCUT2D eigenvalue weighted by Crippen LogP contribution is 1.86. The third kappa shape index (κ3) is 3.63. The van der Waals surface area contributed by atoms with Crippen molar-refractivity contribution in [1.82, 2.24) is 0 Å². The van der Waals surface area contributed by atoms with Crippen molar-refractivity contribution in [2.45, 2.75) is 13.3 Å². The highest BCUT2D eigenvalue weighted by atomic mass is 14.6. The molecular formula is C4H9N2. The zero-order chi connectivity index (χ0) is 4.99. The molecule has 0 spiro atoms. The van der Waals surface area contributed by atoms with Crippen LogP contribution in [0.1, 0.15) is 13.3 Å². The van der Waals surface area contributed by atoms with Gasteiger partial charge < -0.3 is 11.1 Å². The number of rotatable bonds is 2. The molecule has 0 heterocycles. The maximum atomic E-state index is 6.51. The Morgan fingerprint density at radius 3 is 2.50 bits per heavy atom. The molecule has 0 amide bonds. The fourth-order valence-electron chi connectivity index (χ4n) is 0.161. The van der Waals surface area contributed by atoms with Crippen LogP contribution in [-0.2, 0) is 0 Å². The second-order valence-corrected chi connectivity index (χ2v) is 1.25. The first kappa shape index (κ1) is 5.63. The van der Waals surface area contributed by atoms with Crippen LogP contribution in [0.25, 0.3) is 0 Å². The Hall–Kier alpha value is -0.370. The largest absolute Gasteiger partial charge is 0.323 e. The van der Waals surface area contributed by atoms with Gasteiger partial charge in [-0.15, -0.1) is 0 Å². The molecule has 35 valence electrons. The van der Waals surface area contributed by atoms with Gasteiger partial charge in [-0.05, 0) is 13.1 Å². The first-order valence-electron chi connectivity index (χ1n) is 1.84. The lowest BCUT2D eigenvalue weighted by atomic mass is 10.3. The van der Waals surface area contributed by atoms with Crippen LogP contribution in [0.15, 0.2) is 0 Å². The molecular weight excluding hydrogens is 76.1 g/mol. The summed E-state index contributed by atoms with van der Waals surface area (Å²) in [5.74, 6) is 0. The van der Waals surface area contributed by atoms with Crippen molar-refractivity contribution < 1.29 is 0 Å². The summed E-state index contributed by atoms with van der Waals surface area (Å²) in [6.45, 7) is 1.80. The second-order valence-electron chi connectivity index (χ2n) is 1.25. The van der Waals surface area contributed by atoms with E-state index in [4.69, 9.17) is 11.1 Å². The summed E-state index contributed by atoms with van der Waals surface area (Å²) in [7, 11) is 0. The molecule has 2 nitrogen and oxygen atoms in total. The van der Waals surface area contributed by atoms with Crippen LogP contribution in [0, 0.1) is 11.5 Å². The number of hydrogen-bond acceptors (Lipinski definition) is 2. The quantitative estimate of drug-likeness (QED) is 0.472. The fourth-order valence-corrected chi connectivity index (χ4v) is 0.161. The van der Waals surface area contributed by atoms with Crippen molar-refractivity contribution in [1.29, 1.82) is 5.41 Å². The van der Waals surface area contributed by atoms with E-state index < -0.39 is 0 Å². The predicted octanol–water partition coefficient (Wildman–Crippen LogP) is 0.537. The molecule has 3 N–H and O–H groups in total. The van der Waals surface area contributed by atoms with Crippen molar-refractivity contribution in [3.05, 3.63) is 6.04 Å². The van der Waals surface area contributed by atoms with Gasteiger partial charge in [0.2, 0.25) is 0 Å². The molecule has 0 aromatic rings. The molecule has 6 heavy (non-hydrogen) atoms. The Balaban J connectivity index is 2.81. The van der Waals surface area contributed by atoms with E-state index in [0.29, 0.717) is 6.42 Å². The van der Waals surface area contributed by atoms with Crippen LogP contribution in [-0.4, -0.2) is 6.21 Å². The van der Waals surface area contributed by atoms with Gasteiger partial charge in [-0.2, -0.15) is 0 Å². The Morgan fingerprint density at radius 1 is 2.00 bits per heavy atom. The van der Waals surface area contributed by atoms with E-state index in [1.807, 2.05) is 0 Å². The van der Waals surface area contributed by atoms with Gasteiger partial charge in [0.25, 0.3) is 0 Å². The third-order valence-electron chi connectivity index (χ3n) is 0.424. The Morgan fingerprint density at radius 2 is 2.50 bits per heavy atom. The summed E-state index contributed by atoms with van der Waals surface area (Å²) in [5.41, 5.74) is 5.17. The van der Waals surface area contributed by atoms with E-state index in [-0.39, 0.29) is 0 Å². The first-order valence-corrected chi connectivity index (χ1v) is 1.84. The van der Waals surface area contributed by atoms with Crippen LogP contribution in [0.5, 0.6) is 0 Å². The Kier molecular flexibility index (Phi) is 2.67. The highest BCUT2D eigenvalue weighted by Gasteiger charge is 1.85. The minimum absolute atomic E-state index is 0.611. The molecule has 0 saturated carbocycles. The van der Waals surface area contributed by atoms with Crippen LogP contribution >= 0.6 is 0 Å². The standard InChI is InChI=1S/C4H9N2/c1-4(6)2-3-5/h3,5H,2,6H2,1H3. The number of nitrogens with one attached hydrogen (secondary N) is 1. The molecule has 1 radical (unpaired) electrons. The molecule has 0 aliphatic heterocycles. The van der Waals surface area contributed by atoms with Crippen molar-refractivity contribution in [3.8, 4) is 0 Å². The predicted molar refractivity (Wildman–Crippen MR) is 26.5 cm³/mol. The fraction of sp³-hybridized carbons (Fsp3) is 0.500. The van der Waals surface area contributed by atoms with Crippen LogP contribution in [0.3, 0.4) is 0 Å². The molecule has 0 aromatic carbocycles. The second kappa shape index (κ2) is 2.85. The highest BCUT2D eigenvalue weighted by molar-refractivity contribution is 5.55. The summed E-state index contributed by atoms with van der Waals surface area (Å²) in [5, 5.41) is 6.51. The number of hydrogen-bond donors (Lipinski definition) is 2.